The van der Waals surface area contributed by atoms with Crippen molar-refractivity contribution in [3.63, 3.8) is 0 Å². The lowest BCUT2D eigenvalue weighted by Gasteiger charge is -2.42. The van der Waals surface area contributed by atoms with Crippen LogP contribution in [0.4, 0.5) is 4.79 Å². The molecule has 134 valence electrons. The second-order valence-electron chi connectivity index (χ2n) is 7.35. The highest BCUT2D eigenvalue weighted by Gasteiger charge is 2.61. The number of H-pyrrole nitrogens is 1. The predicted molar refractivity (Wildman–Crippen MR) is 96.6 cm³/mol. The first-order valence-electron chi connectivity index (χ1n) is 8.91. The lowest BCUT2D eigenvalue weighted by Crippen LogP contribution is -2.57. The lowest BCUT2D eigenvalue weighted by atomic mass is 9.77. The van der Waals surface area contributed by atoms with E-state index >= 15 is 0 Å². The highest BCUT2D eigenvalue weighted by molar-refractivity contribution is 6.31. The number of aromatic amines is 1. The average Bonchev–Trinajstić information content (AvgIpc) is 3.04. The fourth-order valence-electron chi connectivity index (χ4n) is 4.34. The molecule has 1 aliphatic heterocycles. The molecule has 1 amide bonds. The van der Waals surface area contributed by atoms with E-state index in [9.17, 15) is 9.90 Å². The van der Waals surface area contributed by atoms with Crippen molar-refractivity contribution >= 4 is 28.6 Å². The largest absolute Gasteiger partial charge is 0.438 e. The Bertz CT molecular complexity index is 808. The zero-order valence-corrected chi connectivity index (χ0v) is 15.1. The van der Waals surface area contributed by atoms with Gasteiger partial charge < -0.3 is 14.8 Å². The summed E-state index contributed by atoms with van der Waals surface area (Å²) < 4.78 is 5.70. The molecule has 0 bridgehead atoms. The number of halogens is 1. The van der Waals surface area contributed by atoms with Crippen molar-refractivity contribution in [2.24, 2.45) is 0 Å². The van der Waals surface area contributed by atoms with Crippen LogP contribution in [0.25, 0.3) is 10.9 Å². The fourth-order valence-corrected chi connectivity index (χ4v) is 4.51. The monoisotopic (exact) mass is 362 g/mol. The van der Waals surface area contributed by atoms with Crippen LogP contribution in [-0.2, 0) is 11.2 Å². The first-order chi connectivity index (χ1) is 11.9. The average molecular weight is 363 g/mol. The molecule has 1 atom stereocenters. The van der Waals surface area contributed by atoms with Crippen molar-refractivity contribution in [2.75, 3.05) is 6.54 Å². The Balaban J connectivity index is 1.55. The Hall–Kier alpha value is -1.72. The van der Waals surface area contributed by atoms with Crippen LogP contribution in [0, 0.1) is 0 Å². The summed E-state index contributed by atoms with van der Waals surface area (Å²) in [5.41, 5.74) is 0.0599. The summed E-state index contributed by atoms with van der Waals surface area (Å²) in [7, 11) is 0. The van der Waals surface area contributed by atoms with E-state index in [2.05, 4.69) is 4.98 Å². The number of aliphatic hydroxyl groups is 1. The topological polar surface area (TPSA) is 65.6 Å². The van der Waals surface area contributed by atoms with Crippen LogP contribution in [0.1, 0.15) is 44.6 Å². The van der Waals surface area contributed by atoms with Gasteiger partial charge in [0, 0.05) is 28.7 Å². The summed E-state index contributed by atoms with van der Waals surface area (Å²) >= 11 is 6.10. The third-order valence-electron chi connectivity index (χ3n) is 5.89. The van der Waals surface area contributed by atoms with Crippen molar-refractivity contribution in [2.45, 2.75) is 56.8 Å². The number of ether oxygens (including phenoxy) is 1. The van der Waals surface area contributed by atoms with Crippen molar-refractivity contribution in [1.82, 2.24) is 9.88 Å². The second-order valence-corrected chi connectivity index (χ2v) is 7.79. The maximum Gasteiger partial charge on any atom is 0.412 e. The van der Waals surface area contributed by atoms with Gasteiger partial charge >= 0.3 is 6.09 Å². The summed E-state index contributed by atoms with van der Waals surface area (Å²) in [5.74, 6) is 0. The molecule has 0 radical (unpaired) electrons. The van der Waals surface area contributed by atoms with Gasteiger partial charge in [0.15, 0.2) is 11.3 Å². The number of hydrogen-bond acceptors (Lipinski definition) is 3. The summed E-state index contributed by atoms with van der Waals surface area (Å²) in [6.07, 6.45) is 6.71. The minimum atomic E-state index is -1.27. The maximum absolute atomic E-state index is 12.5. The normalized spacial score (nSPS) is 25.7. The highest BCUT2D eigenvalue weighted by atomic mass is 35.5. The standard InChI is InChI=1S/C19H23ClN2O3/c1-18(24)19(8-3-2-4-9-19)25-17(23)22(18)10-7-13-12-21-16-6-5-14(20)11-15(13)16/h5-6,11-12,21,24H,2-4,7-10H2,1H3/t18-/m0/s1. The number of rotatable bonds is 3. The van der Waals surface area contributed by atoms with Crippen molar-refractivity contribution in [3.8, 4) is 0 Å². The molecule has 1 aromatic carbocycles. The van der Waals surface area contributed by atoms with Crippen molar-refractivity contribution in [1.29, 1.82) is 0 Å². The summed E-state index contributed by atoms with van der Waals surface area (Å²) in [5, 5.41) is 12.9. The molecule has 4 rings (SSSR count). The zero-order valence-electron chi connectivity index (χ0n) is 14.3. The number of nitrogens with one attached hydrogen (secondary N) is 1. The fraction of sp³-hybridized carbons (Fsp3) is 0.526. The van der Waals surface area contributed by atoms with E-state index in [4.69, 9.17) is 16.3 Å². The van der Waals surface area contributed by atoms with E-state index in [1.165, 1.54) is 4.90 Å². The molecule has 25 heavy (non-hydrogen) atoms. The molecule has 1 spiro atoms. The summed E-state index contributed by atoms with van der Waals surface area (Å²) in [6, 6.07) is 5.71. The molecule has 1 saturated heterocycles. The number of nitrogens with zero attached hydrogens (tertiary/aromatic N) is 1. The number of carbonyl (C=O) groups is 1. The minimum Gasteiger partial charge on any atom is -0.438 e. The van der Waals surface area contributed by atoms with Crippen LogP contribution >= 0.6 is 11.6 Å². The Kier molecular flexibility index (Phi) is 3.96. The molecular weight excluding hydrogens is 340 g/mol. The molecule has 1 saturated carbocycles. The van der Waals surface area contributed by atoms with Gasteiger partial charge in [-0.25, -0.2) is 4.79 Å². The number of hydrogen-bond donors (Lipinski definition) is 2. The third kappa shape index (κ3) is 2.61. The van der Waals surface area contributed by atoms with Crippen LogP contribution < -0.4 is 0 Å². The van der Waals surface area contributed by atoms with E-state index in [0.717, 1.165) is 48.6 Å². The lowest BCUT2D eigenvalue weighted by molar-refractivity contribution is -0.158. The minimum absolute atomic E-state index is 0.410. The van der Waals surface area contributed by atoms with Gasteiger partial charge in [0.1, 0.15) is 0 Å². The SMILES string of the molecule is C[C@@]1(O)N(CCc2c[nH]c3ccc(Cl)cc23)C(=O)OC12CCCCC2. The van der Waals surface area contributed by atoms with Crippen LogP contribution in [0.3, 0.4) is 0 Å². The quantitative estimate of drug-likeness (QED) is 0.858. The number of benzene rings is 1. The Labute approximate surface area is 151 Å². The molecule has 1 aliphatic carbocycles. The van der Waals surface area contributed by atoms with Crippen LogP contribution in [0.5, 0.6) is 0 Å². The zero-order chi connectivity index (χ0) is 17.7. The Morgan fingerprint density at radius 2 is 2.08 bits per heavy atom. The van der Waals surface area contributed by atoms with E-state index in [0.29, 0.717) is 18.0 Å². The first-order valence-corrected chi connectivity index (χ1v) is 9.29. The van der Waals surface area contributed by atoms with Gasteiger partial charge in [0.25, 0.3) is 0 Å². The van der Waals surface area contributed by atoms with Gasteiger partial charge in [-0.3, -0.25) is 4.90 Å². The molecule has 2 fully saturated rings. The smallest absolute Gasteiger partial charge is 0.412 e. The molecular formula is C19H23ClN2O3. The van der Waals surface area contributed by atoms with Gasteiger partial charge in [-0.05, 0) is 62.8 Å². The highest BCUT2D eigenvalue weighted by Crippen LogP contribution is 2.46. The molecule has 0 unspecified atom stereocenters. The number of amides is 1. The number of aromatic nitrogens is 1. The van der Waals surface area contributed by atoms with Gasteiger partial charge in [-0.15, -0.1) is 0 Å². The summed E-state index contributed by atoms with van der Waals surface area (Å²) in [6.45, 7) is 2.13. The van der Waals surface area contributed by atoms with Crippen molar-refractivity contribution in [3.05, 3.63) is 35.0 Å². The Morgan fingerprint density at radius 3 is 2.84 bits per heavy atom. The first kappa shape index (κ1) is 16.7. The molecule has 2 aromatic rings. The Morgan fingerprint density at radius 1 is 1.32 bits per heavy atom. The third-order valence-corrected chi connectivity index (χ3v) is 6.12. The van der Waals surface area contributed by atoms with Crippen LogP contribution in [0.15, 0.2) is 24.4 Å². The second kappa shape index (κ2) is 5.92. The maximum atomic E-state index is 12.5. The molecule has 5 nitrogen and oxygen atoms in total. The van der Waals surface area contributed by atoms with E-state index in [1.54, 1.807) is 6.92 Å². The van der Waals surface area contributed by atoms with E-state index in [-0.39, 0.29) is 0 Å². The predicted octanol–water partition coefficient (Wildman–Crippen LogP) is 4.23. The molecule has 2 aliphatic rings. The van der Waals surface area contributed by atoms with Crippen molar-refractivity contribution < 1.29 is 14.6 Å². The molecule has 6 heteroatoms. The van der Waals surface area contributed by atoms with Crippen LogP contribution in [-0.4, -0.2) is 39.0 Å². The molecule has 2 heterocycles. The number of fused-ring (bicyclic) bond motifs is 1. The van der Waals surface area contributed by atoms with Crippen LogP contribution in [0.2, 0.25) is 5.02 Å². The van der Waals surface area contributed by atoms with E-state index in [1.807, 2.05) is 24.4 Å². The van der Waals surface area contributed by atoms with Gasteiger partial charge in [0.05, 0.1) is 0 Å². The van der Waals surface area contributed by atoms with Gasteiger partial charge in [-0.2, -0.15) is 0 Å². The number of carbonyl (C=O) groups excluding carboxylic acids is 1. The van der Waals surface area contributed by atoms with Gasteiger partial charge in [0.2, 0.25) is 0 Å². The summed E-state index contributed by atoms with van der Waals surface area (Å²) in [4.78, 5) is 17.2. The molecule has 1 aromatic heterocycles. The van der Waals surface area contributed by atoms with Gasteiger partial charge in [-0.1, -0.05) is 18.0 Å². The van der Waals surface area contributed by atoms with E-state index < -0.39 is 17.4 Å². The molecule has 2 N–H and O–H groups in total.